The van der Waals surface area contributed by atoms with Gasteiger partial charge in [0.25, 0.3) is 0 Å². The minimum atomic E-state index is 0.119. The average molecular weight is 201 g/mol. The molecule has 0 saturated carbocycles. The first-order valence-corrected chi connectivity index (χ1v) is 7.52. The predicted octanol–water partition coefficient (Wildman–Crippen LogP) is 2.57. The molecule has 80 valence electrons. The molecule has 0 fully saturated rings. The molecule has 0 aromatic heterocycles. The molecule has 0 saturated heterocycles. The summed E-state index contributed by atoms with van der Waals surface area (Å²) in [5, 5.41) is 3.56. The summed E-state index contributed by atoms with van der Waals surface area (Å²) >= 11 is 0. The van der Waals surface area contributed by atoms with Crippen molar-refractivity contribution in [3.8, 4) is 0 Å². The van der Waals surface area contributed by atoms with Crippen LogP contribution >= 0.6 is 0 Å². The molecule has 1 N–H and O–H groups in total. The summed E-state index contributed by atoms with van der Waals surface area (Å²) in [5.74, 6) is 0. The largest absolute Gasteiger partial charge is 0.315 e. The minimum Gasteiger partial charge on any atom is -0.315 e. The predicted molar refractivity (Wildman–Crippen MR) is 65.4 cm³/mol. The van der Waals surface area contributed by atoms with Crippen LogP contribution in [0.4, 0.5) is 0 Å². The van der Waals surface area contributed by atoms with E-state index in [-0.39, 0.29) is 9.52 Å². The van der Waals surface area contributed by atoms with Gasteiger partial charge in [-0.3, -0.25) is 0 Å². The van der Waals surface area contributed by atoms with E-state index >= 15 is 0 Å². The molecule has 0 aliphatic heterocycles. The van der Waals surface area contributed by atoms with E-state index in [2.05, 4.69) is 39.9 Å². The van der Waals surface area contributed by atoms with Crippen LogP contribution in [0, 0.1) is 0 Å². The quantitative estimate of drug-likeness (QED) is 0.624. The van der Waals surface area contributed by atoms with Crippen molar-refractivity contribution < 1.29 is 0 Å². The zero-order chi connectivity index (χ0) is 10.3. The van der Waals surface area contributed by atoms with Crippen molar-refractivity contribution in [2.24, 2.45) is 0 Å². The summed E-state index contributed by atoms with van der Waals surface area (Å²) in [5.41, 5.74) is 2.01. The second-order valence-electron chi connectivity index (χ2n) is 4.26. The Morgan fingerprint density at radius 2 is 1.69 bits per heavy atom. The number of nitrogens with one attached hydrogen (secondary N) is 1. The first-order valence-electron chi connectivity index (χ1n) is 5.88. The molecule has 0 aromatic rings. The second-order valence-corrected chi connectivity index (χ2v) is 7.18. The molecule has 3 atom stereocenters. The van der Waals surface area contributed by atoms with Crippen LogP contribution in [-0.4, -0.2) is 22.1 Å². The zero-order valence-electron chi connectivity index (χ0n) is 10.1. The van der Waals surface area contributed by atoms with Crippen LogP contribution in [-0.2, 0) is 0 Å². The van der Waals surface area contributed by atoms with Crippen molar-refractivity contribution in [1.29, 1.82) is 0 Å². The highest BCUT2D eigenvalue weighted by Crippen LogP contribution is 2.21. The van der Waals surface area contributed by atoms with Gasteiger partial charge in [0.1, 0.15) is 0 Å². The van der Waals surface area contributed by atoms with Crippen LogP contribution < -0.4 is 5.32 Å². The topological polar surface area (TPSA) is 12.0 Å². The molecular formula is C11H27NSi. The minimum absolute atomic E-state index is 0.119. The van der Waals surface area contributed by atoms with Gasteiger partial charge in [-0.15, -0.1) is 0 Å². The van der Waals surface area contributed by atoms with Gasteiger partial charge >= 0.3 is 0 Å². The molecule has 13 heavy (non-hydrogen) atoms. The summed E-state index contributed by atoms with van der Waals surface area (Å²) in [6, 6.07) is 0.746. The summed E-state index contributed by atoms with van der Waals surface area (Å²) in [6.07, 6.45) is 2.74. The number of hydrogen-bond acceptors (Lipinski definition) is 1. The molecule has 2 heteroatoms. The van der Waals surface area contributed by atoms with Gasteiger partial charge in [-0.1, -0.05) is 46.1 Å². The van der Waals surface area contributed by atoms with Crippen molar-refractivity contribution in [3.05, 3.63) is 0 Å². The van der Waals surface area contributed by atoms with E-state index in [0.29, 0.717) is 0 Å². The van der Waals surface area contributed by atoms with Gasteiger partial charge in [0.2, 0.25) is 0 Å². The third kappa shape index (κ3) is 5.48. The standard InChI is InChI=1S/C11H27NSi/c1-6-9(4)13-11(7-2)10(5)12-8-3/h9-12H,6-8,13H2,1-5H3. The third-order valence-electron chi connectivity index (χ3n) is 3.16. The Balaban J connectivity index is 3.86. The van der Waals surface area contributed by atoms with Gasteiger partial charge in [0.15, 0.2) is 0 Å². The Morgan fingerprint density at radius 1 is 1.08 bits per heavy atom. The van der Waals surface area contributed by atoms with Gasteiger partial charge in [0.05, 0.1) is 0 Å². The van der Waals surface area contributed by atoms with Crippen LogP contribution in [0.15, 0.2) is 0 Å². The monoisotopic (exact) mass is 201 g/mol. The van der Waals surface area contributed by atoms with E-state index < -0.39 is 0 Å². The molecule has 0 radical (unpaired) electrons. The molecular weight excluding hydrogens is 174 g/mol. The zero-order valence-corrected chi connectivity index (χ0v) is 11.5. The maximum absolute atomic E-state index is 3.56. The first-order chi connectivity index (χ1) is 6.15. The van der Waals surface area contributed by atoms with Crippen molar-refractivity contribution >= 4 is 9.52 Å². The number of hydrogen-bond donors (Lipinski definition) is 1. The Hall–Kier alpha value is 0.177. The van der Waals surface area contributed by atoms with Crippen LogP contribution in [0.5, 0.6) is 0 Å². The Labute approximate surface area is 86.5 Å². The Bertz CT molecular complexity index is 117. The highest BCUT2D eigenvalue weighted by atomic mass is 28.2. The SMILES string of the molecule is CCNC(C)C(CC)[SiH2]C(C)CC. The van der Waals surface area contributed by atoms with Crippen molar-refractivity contribution in [1.82, 2.24) is 5.32 Å². The third-order valence-corrected chi connectivity index (χ3v) is 6.43. The first kappa shape index (κ1) is 13.2. The molecule has 0 rings (SSSR count). The maximum Gasteiger partial charge on any atom is 0.0280 e. The highest BCUT2D eigenvalue weighted by molar-refractivity contribution is 6.39. The molecule has 0 bridgehead atoms. The second kappa shape index (κ2) is 7.57. The van der Waals surface area contributed by atoms with Gasteiger partial charge in [-0.25, -0.2) is 0 Å². The van der Waals surface area contributed by atoms with E-state index in [1.54, 1.807) is 0 Å². The summed E-state index contributed by atoms with van der Waals surface area (Å²) in [4.78, 5) is 0. The Morgan fingerprint density at radius 3 is 2.08 bits per heavy atom. The van der Waals surface area contributed by atoms with Crippen LogP contribution in [0.25, 0.3) is 0 Å². The molecule has 0 aliphatic carbocycles. The van der Waals surface area contributed by atoms with E-state index in [0.717, 1.165) is 23.7 Å². The lowest BCUT2D eigenvalue weighted by Crippen LogP contribution is -2.33. The van der Waals surface area contributed by atoms with E-state index in [4.69, 9.17) is 0 Å². The fourth-order valence-electron chi connectivity index (χ4n) is 1.90. The normalized spacial score (nSPS) is 19.2. The summed E-state index contributed by atoms with van der Waals surface area (Å²) in [6.45, 7) is 12.8. The summed E-state index contributed by atoms with van der Waals surface area (Å²) < 4.78 is 0. The maximum atomic E-state index is 3.56. The molecule has 0 aromatic carbocycles. The smallest absolute Gasteiger partial charge is 0.0280 e. The van der Waals surface area contributed by atoms with E-state index in [1.165, 1.54) is 12.8 Å². The van der Waals surface area contributed by atoms with Gasteiger partial charge < -0.3 is 5.32 Å². The lowest BCUT2D eigenvalue weighted by Gasteiger charge is -2.25. The highest BCUT2D eigenvalue weighted by Gasteiger charge is 2.16. The molecule has 0 amide bonds. The van der Waals surface area contributed by atoms with Crippen LogP contribution in [0.3, 0.4) is 0 Å². The van der Waals surface area contributed by atoms with Gasteiger partial charge in [-0.05, 0) is 19.0 Å². The lowest BCUT2D eigenvalue weighted by molar-refractivity contribution is 0.516. The van der Waals surface area contributed by atoms with Gasteiger partial charge in [0, 0.05) is 15.6 Å². The molecule has 0 spiro atoms. The van der Waals surface area contributed by atoms with Crippen LogP contribution in [0.2, 0.25) is 11.1 Å². The molecule has 0 aliphatic rings. The number of rotatable bonds is 7. The molecule has 1 nitrogen and oxygen atoms in total. The van der Waals surface area contributed by atoms with Gasteiger partial charge in [-0.2, -0.15) is 0 Å². The van der Waals surface area contributed by atoms with Crippen molar-refractivity contribution in [2.75, 3.05) is 6.54 Å². The fourth-order valence-corrected chi connectivity index (χ4v) is 4.17. The molecule has 0 heterocycles. The lowest BCUT2D eigenvalue weighted by atomic mass is 10.2. The Kier molecular flexibility index (Phi) is 7.67. The van der Waals surface area contributed by atoms with Crippen molar-refractivity contribution in [3.63, 3.8) is 0 Å². The van der Waals surface area contributed by atoms with Crippen molar-refractivity contribution in [2.45, 2.75) is 64.6 Å². The van der Waals surface area contributed by atoms with E-state index in [1.807, 2.05) is 0 Å². The molecule has 3 unspecified atom stereocenters. The van der Waals surface area contributed by atoms with E-state index in [9.17, 15) is 0 Å². The average Bonchev–Trinajstić information content (AvgIpc) is 2.14. The van der Waals surface area contributed by atoms with Crippen LogP contribution in [0.1, 0.15) is 47.5 Å². The fraction of sp³-hybridized carbons (Fsp3) is 1.00. The summed E-state index contributed by atoms with van der Waals surface area (Å²) in [7, 11) is 0.119.